The highest BCUT2D eigenvalue weighted by molar-refractivity contribution is 5.81. The van der Waals surface area contributed by atoms with Gasteiger partial charge in [-0.1, -0.05) is 0 Å². The number of phenolic OH excluding ortho intramolecular Hbond substituents is 1. The zero-order valence-corrected chi connectivity index (χ0v) is 9.78. The molecule has 1 heterocycles. The summed E-state index contributed by atoms with van der Waals surface area (Å²) in [6, 6.07) is 3.17. The number of carbonyl (C=O) groups is 1. The van der Waals surface area contributed by atoms with Gasteiger partial charge in [-0.2, -0.15) is 0 Å². The van der Waals surface area contributed by atoms with Gasteiger partial charge >= 0.3 is 5.97 Å². The molecule has 0 amide bonds. The molecule has 1 aromatic rings. The largest absolute Gasteiger partial charge is 0.504 e. The van der Waals surface area contributed by atoms with Gasteiger partial charge in [0, 0.05) is 6.54 Å². The van der Waals surface area contributed by atoms with Gasteiger partial charge in [-0.3, -0.25) is 5.32 Å². The number of hydrogen-bond donors (Lipinski definition) is 3. The number of aliphatic carboxylic acids is 1. The number of carboxylic acids is 1. The molecule has 92 valence electrons. The van der Waals surface area contributed by atoms with Crippen LogP contribution in [0.25, 0.3) is 0 Å². The van der Waals surface area contributed by atoms with E-state index in [1.807, 2.05) is 0 Å². The van der Waals surface area contributed by atoms with Crippen molar-refractivity contribution in [1.29, 1.82) is 0 Å². The minimum Gasteiger partial charge on any atom is -0.504 e. The fourth-order valence-electron chi connectivity index (χ4n) is 2.18. The molecule has 0 aromatic heterocycles. The molecule has 5 nitrogen and oxygen atoms in total. The number of aromatic hydroxyl groups is 1. The van der Waals surface area contributed by atoms with E-state index in [1.54, 1.807) is 19.1 Å². The van der Waals surface area contributed by atoms with Gasteiger partial charge in [0.15, 0.2) is 11.5 Å². The summed E-state index contributed by atoms with van der Waals surface area (Å²) < 4.78 is 5.01. The van der Waals surface area contributed by atoms with Crippen molar-refractivity contribution in [2.45, 2.75) is 18.9 Å². The number of benzene rings is 1. The molecule has 2 rings (SSSR count). The second-order valence-electron chi connectivity index (χ2n) is 4.29. The molecular weight excluding hydrogens is 222 g/mol. The SMILES string of the molecule is COc1cc2c(cc1O)CCNC2(C)C(=O)O. The number of fused-ring (bicyclic) bond motifs is 1. The molecule has 3 N–H and O–H groups in total. The molecular formula is C12H15NO4. The minimum atomic E-state index is -1.13. The Morgan fingerprint density at radius 1 is 1.53 bits per heavy atom. The third-order valence-electron chi connectivity index (χ3n) is 3.24. The van der Waals surface area contributed by atoms with Crippen LogP contribution in [0.4, 0.5) is 0 Å². The summed E-state index contributed by atoms with van der Waals surface area (Å²) in [6.07, 6.45) is 0.690. The highest BCUT2D eigenvalue weighted by Crippen LogP contribution is 2.37. The third-order valence-corrected chi connectivity index (χ3v) is 3.24. The fraction of sp³-hybridized carbons (Fsp3) is 0.417. The van der Waals surface area contributed by atoms with Gasteiger partial charge in [-0.05, 0) is 36.6 Å². The normalized spacial score (nSPS) is 22.9. The summed E-state index contributed by atoms with van der Waals surface area (Å²) in [7, 11) is 1.44. The van der Waals surface area contributed by atoms with Gasteiger partial charge in [0.05, 0.1) is 7.11 Å². The van der Waals surface area contributed by atoms with Gasteiger partial charge in [-0.15, -0.1) is 0 Å². The van der Waals surface area contributed by atoms with Crippen molar-refractivity contribution in [3.05, 3.63) is 23.3 Å². The highest BCUT2D eigenvalue weighted by Gasteiger charge is 2.39. The Morgan fingerprint density at radius 3 is 2.82 bits per heavy atom. The number of phenols is 1. The van der Waals surface area contributed by atoms with Crippen molar-refractivity contribution in [3.8, 4) is 11.5 Å². The molecule has 0 bridgehead atoms. The average molecular weight is 237 g/mol. The Hall–Kier alpha value is -1.75. The van der Waals surface area contributed by atoms with Crippen molar-refractivity contribution < 1.29 is 19.7 Å². The predicted molar refractivity (Wildman–Crippen MR) is 61.4 cm³/mol. The van der Waals surface area contributed by atoms with Crippen molar-refractivity contribution in [2.75, 3.05) is 13.7 Å². The summed E-state index contributed by atoms with van der Waals surface area (Å²) >= 11 is 0. The van der Waals surface area contributed by atoms with E-state index in [9.17, 15) is 15.0 Å². The Kier molecular flexibility index (Phi) is 2.71. The Labute approximate surface area is 99.0 Å². The van der Waals surface area contributed by atoms with Gasteiger partial charge in [0.2, 0.25) is 0 Å². The van der Waals surface area contributed by atoms with E-state index in [-0.39, 0.29) is 5.75 Å². The van der Waals surface area contributed by atoms with E-state index in [0.29, 0.717) is 24.3 Å². The van der Waals surface area contributed by atoms with E-state index < -0.39 is 11.5 Å². The van der Waals surface area contributed by atoms with Gasteiger partial charge in [-0.25, -0.2) is 4.79 Å². The van der Waals surface area contributed by atoms with Crippen LogP contribution in [0, 0.1) is 0 Å². The minimum absolute atomic E-state index is 0.0425. The molecule has 1 unspecified atom stereocenters. The first-order valence-corrected chi connectivity index (χ1v) is 5.38. The van der Waals surface area contributed by atoms with Crippen molar-refractivity contribution in [1.82, 2.24) is 5.32 Å². The summed E-state index contributed by atoms with van der Waals surface area (Å²) in [5.74, 6) is -0.605. The van der Waals surface area contributed by atoms with E-state index in [0.717, 1.165) is 5.56 Å². The van der Waals surface area contributed by atoms with Crippen LogP contribution in [0.15, 0.2) is 12.1 Å². The summed E-state index contributed by atoms with van der Waals surface area (Å²) in [5.41, 5.74) is 0.354. The molecule has 17 heavy (non-hydrogen) atoms. The number of carboxylic acid groups (broad SMARTS) is 1. The number of ether oxygens (including phenoxy) is 1. The zero-order valence-electron chi connectivity index (χ0n) is 9.78. The van der Waals surface area contributed by atoms with E-state index in [1.165, 1.54) is 7.11 Å². The van der Waals surface area contributed by atoms with Crippen LogP contribution in [0.5, 0.6) is 11.5 Å². The first kappa shape index (κ1) is 11.7. The topological polar surface area (TPSA) is 78.8 Å². The van der Waals surface area contributed by atoms with Gasteiger partial charge in [0.1, 0.15) is 5.54 Å². The second-order valence-corrected chi connectivity index (χ2v) is 4.29. The van der Waals surface area contributed by atoms with Gasteiger partial charge < -0.3 is 14.9 Å². The van der Waals surface area contributed by atoms with E-state index in [2.05, 4.69) is 5.32 Å². The molecule has 0 aliphatic carbocycles. The standard InChI is InChI=1S/C12H15NO4/c1-12(11(15)16)8-6-10(17-2)9(14)5-7(8)3-4-13-12/h5-6,13-14H,3-4H2,1-2H3,(H,15,16). The van der Waals surface area contributed by atoms with Crippen LogP contribution in [0.1, 0.15) is 18.1 Å². The molecule has 0 saturated carbocycles. The van der Waals surface area contributed by atoms with Crippen LogP contribution in [0.3, 0.4) is 0 Å². The predicted octanol–water partition coefficient (Wildman–Crippen LogP) is 0.846. The lowest BCUT2D eigenvalue weighted by Gasteiger charge is -2.33. The van der Waals surface area contributed by atoms with Crippen LogP contribution in [-0.4, -0.2) is 29.8 Å². The number of rotatable bonds is 2. The van der Waals surface area contributed by atoms with Gasteiger partial charge in [0.25, 0.3) is 0 Å². The highest BCUT2D eigenvalue weighted by atomic mass is 16.5. The maximum atomic E-state index is 11.4. The maximum Gasteiger partial charge on any atom is 0.328 e. The van der Waals surface area contributed by atoms with Crippen LogP contribution < -0.4 is 10.1 Å². The fourth-order valence-corrected chi connectivity index (χ4v) is 2.18. The first-order valence-electron chi connectivity index (χ1n) is 5.38. The lowest BCUT2D eigenvalue weighted by Crippen LogP contribution is -2.50. The van der Waals surface area contributed by atoms with E-state index in [4.69, 9.17) is 4.74 Å². The number of hydrogen-bond acceptors (Lipinski definition) is 4. The Balaban J connectivity index is 2.61. The lowest BCUT2D eigenvalue weighted by atomic mass is 9.83. The molecule has 0 radical (unpaired) electrons. The Bertz CT molecular complexity index is 472. The maximum absolute atomic E-state index is 11.4. The van der Waals surface area contributed by atoms with E-state index >= 15 is 0 Å². The summed E-state index contributed by atoms with van der Waals surface area (Å²) in [6.45, 7) is 2.19. The molecule has 0 saturated heterocycles. The summed E-state index contributed by atoms with van der Waals surface area (Å²) in [5, 5.41) is 22.0. The van der Waals surface area contributed by atoms with Crippen molar-refractivity contribution >= 4 is 5.97 Å². The monoisotopic (exact) mass is 237 g/mol. The van der Waals surface area contributed by atoms with Crippen molar-refractivity contribution in [3.63, 3.8) is 0 Å². The summed E-state index contributed by atoms with van der Waals surface area (Å²) in [4.78, 5) is 11.4. The third kappa shape index (κ3) is 1.72. The zero-order chi connectivity index (χ0) is 12.6. The molecule has 0 spiro atoms. The molecule has 1 aliphatic rings. The smallest absolute Gasteiger partial charge is 0.328 e. The first-order chi connectivity index (χ1) is 7.99. The lowest BCUT2D eigenvalue weighted by molar-refractivity contribution is -0.144. The molecule has 1 atom stereocenters. The van der Waals surface area contributed by atoms with Crippen molar-refractivity contribution in [2.24, 2.45) is 0 Å². The molecule has 5 heteroatoms. The van der Waals surface area contributed by atoms with Crippen LogP contribution >= 0.6 is 0 Å². The molecule has 1 aliphatic heterocycles. The molecule has 1 aromatic carbocycles. The Morgan fingerprint density at radius 2 is 2.24 bits per heavy atom. The van der Waals surface area contributed by atoms with Crippen LogP contribution in [-0.2, 0) is 16.8 Å². The average Bonchev–Trinajstić information content (AvgIpc) is 2.28. The second kappa shape index (κ2) is 3.92. The van der Waals surface area contributed by atoms with Crippen LogP contribution in [0.2, 0.25) is 0 Å². The number of nitrogens with one attached hydrogen (secondary N) is 1. The number of methoxy groups -OCH3 is 1. The quantitative estimate of drug-likeness (QED) is 0.710. The molecule has 0 fully saturated rings.